The van der Waals surface area contributed by atoms with Crippen molar-refractivity contribution in [2.45, 2.75) is 32.7 Å². The Hall–Kier alpha value is -1.72. The minimum Gasteiger partial charge on any atom is -0.503 e. The molecule has 5 nitrogen and oxygen atoms in total. The normalized spacial score (nSPS) is 15.8. The van der Waals surface area contributed by atoms with Crippen LogP contribution < -0.4 is 5.32 Å². The fraction of sp³-hybridized carbons (Fsp3) is 0.412. The van der Waals surface area contributed by atoms with Crippen LogP contribution in [0.3, 0.4) is 0 Å². The molecule has 1 atom stereocenters. The maximum absolute atomic E-state index is 12.2. The lowest BCUT2D eigenvalue weighted by Gasteiger charge is -2.15. The van der Waals surface area contributed by atoms with Crippen LogP contribution in [0.5, 0.6) is 0 Å². The molecule has 0 aliphatic carbocycles. The molecule has 0 radical (unpaired) electrons. The molecule has 1 unspecified atom stereocenters. The molecule has 2 rings (SSSR count). The van der Waals surface area contributed by atoms with E-state index in [2.05, 4.69) is 5.32 Å². The SMILES string of the molecule is CCN1CC(C(=O)NC(C)CCc2ccc(Cl)c(Cl)c2)=C(O)C1=O. The summed E-state index contributed by atoms with van der Waals surface area (Å²) in [6.07, 6.45) is 1.42. The van der Waals surface area contributed by atoms with E-state index in [9.17, 15) is 14.7 Å². The van der Waals surface area contributed by atoms with Gasteiger partial charge in [0.2, 0.25) is 0 Å². The number of hydrogen-bond acceptors (Lipinski definition) is 3. The van der Waals surface area contributed by atoms with E-state index in [-0.39, 0.29) is 18.2 Å². The third kappa shape index (κ3) is 4.22. The van der Waals surface area contributed by atoms with Crippen LogP contribution in [0.4, 0.5) is 0 Å². The Kier molecular flexibility index (Phi) is 6.13. The molecule has 0 aromatic heterocycles. The lowest BCUT2D eigenvalue weighted by molar-refractivity contribution is -0.127. The number of aliphatic hydroxyl groups is 1. The van der Waals surface area contributed by atoms with Gasteiger partial charge in [-0.1, -0.05) is 29.3 Å². The Balaban J connectivity index is 1.90. The molecule has 1 aliphatic heterocycles. The topological polar surface area (TPSA) is 69.6 Å². The molecule has 2 N–H and O–H groups in total. The summed E-state index contributed by atoms with van der Waals surface area (Å²) in [7, 11) is 0. The smallest absolute Gasteiger partial charge is 0.289 e. The van der Waals surface area contributed by atoms with E-state index >= 15 is 0 Å². The highest BCUT2D eigenvalue weighted by Gasteiger charge is 2.33. The molecule has 130 valence electrons. The Morgan fingerprint density at radius 1 is 1.38 bits per heavy atom. The van der Waals surface area contributed by atoms with Gasteiger partial charge in [0.15, 0.2) is 5.76 Å². The zero-order chi connectivity index (χ0) is 17.9. The number of rotatable bonds is 6. The third-order valence-electron chi connectivity index (χ3n) is 4.01. The zero-order valence-electron chi connectivity index (χ0n) is 13.6. The minimum atomic E-state index is -0.494. The number of benzene rings is 1. The molecule has 0 saturated carbocycles. The molecule has 0 spiro atoms. The number of hydrogen-bond donors (Lipinski definition) is 2. The molecule has 24 heavy (non-hydrogen) atoms. The molecule has 0 fully saturated rings. The summed E-state index contributed by atoms with van der Waals surface area (Å²) >= 11 is 11.9. The Morgan fingerprint density at radius 3 is 2.67 bits per heavy atom. The van der Waals surface area contributed by atoms with Gasteiger partial charge in [-0.05, 0) is 44.4 Å². The maximum Gasteiger partial charge on any atom is 0.289 e. The van der Waals surface area contributed by atoms with Gasteiger partial charge in [-0.25, -0.2) is 0 Å². The summed E-state index contributed by atoms with van der Waals surface area (Å²) in [5.41, 5.74) is 1.16. The number of aliphatic hydroxyl groups excluding tert-OH is 1. The molecule has 1 aliphatic rings. The lowest BCUT2D eigenvalue weighted by atomic mass is 10.1. The van der Waals surface area contributed by atoms with E-state index in [0.29, 0.717) is 23.0 Å². The van der Waals surface area contributed by atoms with E-state index in [1.54, 1.807) is 13.0 Å². The highest BCUT2D eigenvalue weighted by Crippen LogP contribution is 2.23. The van der Waals surface area contributed by atoms with Crippen LogP contribution >= 0.6 is 23.2 Å². The number of nitrogens with zero attached hydrogens (tertiary/aromatic N) is 1. The second kappa shape index (κ2) is 7.90. The number of likely N-dealkylation sites (N-methyl/N-ethyl adjacent to an activating group) is 1. The highest BCUT2D eigenvalue weighted by molar-refractivity contribution is 6.42. The summed E-state index contributed by atoms with van der Waals surface area (Å²) in [5.74, 6) is -1.35. The number of amides is 2. The van der Waals surface area contributed by atoms with Crippen molar-refractivity contribution < 1.29 is 14.7 Å². The summed E-state index contributed by atoms with van der Waals surface area (Å²) in [6, 6.07) is 5.33. The quantitative estimate of drug-likeness (QED) is 0.807. The van der Waals surface area contributed by atoms with E-state index in [1.807, 2.05) is 19.1 Å². The van der Waals surface area contributed by atoms with Crippen LogP contribution in [-0.2, 0) is 16.0 Å². The van der Waals surface area contributed by atoms with Crippen LogP contribution in [0, 0.1) is 0 Å². The van der Waals surface area contributed by atoms with E-state index < -0.39 is 17.6 Å². The predicted octanol–water partition coefficient (Wildman–Crippen LogP) is 3.10. The van der Waals surface area contributed by atoms with Gasteiger partial charge in [0, 0.05) is 12.6 Å². The van der Waals surface area contributed by atoms with Gasteiger partial charge in [-0.15, -0.1) is 0 Å². The molecule has 0 saturated heterocycles. The van der Waals surface area contributed by atoms with Crippen molar-refractivity contribution in [1.82, 2.24) is 10.2 Å². The first kappa shape index (κ1) is 18.6. The summed E-state index contributed by atoms with van der Waals surface area (Å²) in [6.45, 7) is 4.27. The monoisotopic (exact) mass is 370 g/mol. The summed E-state index contributed by atoms with van der Waals surface area (Å²) in [4.78, 5) is 25.4. The number of nitrogens with one attached hydrogen (secondary N) is 1. The first-order chi connectivity index (χ1) is 11.3. The number of carbonyl (C=O) groups excluding carboxylic acids is 2. The summed E-state index contributed by atoms with van der Waals surface area (Å²) in [5, 5.41) is 13.6. The predicted molar refractivity (Wildman–Crippen MR) is 94.3 cm³/mol. The van der Waals surface area contributed by atoms with Crippen LogP contribution in [0.15, 0.2) is 29.5 Å². The van der Waals surface area contributed by atoms with E-state index in [1.165, 1.54) is 4.90 Å². The Morgan fingerprint density at radius 2 is 2.08 bits per heavy atom. The molecule has 7 heteroatoms. The highest BCUT2D eigenvalue weighted by atomic mass is 35.5. The first-order valence-corrected chi connectivity index (χ1v) is 8.55. The maximum atomic E-state index is 12.2. The third-order valence-corrected chi connectivity index (χ3v) is 4.75. The zero-order valence-corrected chi connectivity index (χ0v) is 15.1. The van der Waals surface area contributed by atoms with Gasteiger partial charge in [-0.2, -0.15) is 0 Å². The van der Waals surface area contributed by atoms with Crippen LogP contribution in [0.2, 0.25) is 10.0 Å². The largest absolute Gasteiger partial charge is 0.503 e. The first-order valence-electron chi connectivity index (χ1n) is 7.79. The van der Waals surface area contributed by atoms with Gasteiger partial charge in [0.05, 0.1) is 22.2 Å². The molecular weight excluding hydrogens is 351 g/mol. The van der Waals surface area contributed by atoms with Gasteiger partial charge in [-0.3, -0.25) is 9.59 Å². The van der Waals surface area contributed by atoms with Gasteiger partial charge >= 0.3 is 0 Å². The van der Waals surface area contributed by atoms with Crippen LogP contribution in [-0.4, -0.2) is 41.0 Å². The molecule has 2 amide bonds. The minimum absolute atomic E-state index is 0.113. The standard InChI is InChI=1S/C17H20Cl2N2O3/c1-3-21-9-12(15(22)17(21)24)16(23)20-10(2)4-5-11-6-7-13(18)14(19)8-11/h6-8,10,22H,3-5,9H2,1-2H3,(H,20,23). The molecule has 0 bridgehead atoms. The fourth-order valence-electron chi connectivity index (χ4n) is 2.51. The number of carbonyl (C=O) groups is 2. The Bertz CT molecular complexity index is 688. The lowest BCUT2D eigenvalue weighted by Crippen LogP contribution is -2.35. The molecular formula is C17H20Cl2N2O3. The van der Waals surface area contributed by atoms with Crippen LogP contribution in [0.1, 0.15) is 25.8 Å². The average Bonchev–Trinajstić information content (AvgIpc) is 2.84. The second-order valence-electron chi connectivity index (χ2n) is 5.81. The summed E-state index contributed by atoms with van der Waals surface area (Å²) < 4.78 is 0. The van der Waals surface area contributed by atoms with Crippen molar-refractivity contribution in [3.63, 3.8) is 0 Å². The second-order valence-corrected chi connectivity index (χ2v) is 6.62. The van der Waals surface area contributed by atoms with Gasteiger partial charge < -0.3 is 15.3 Å². The fourth-order valence-corrected chi connectivity index (χ4v) is 2.83. The van der Waals surface area contributed by atoms with Crippen molar-refractivity contribution in [1.29, 1.82) is 0 Å². The van der Waals surface area contributed by atoms with E-state index in [0.717, 1.165) is 12.0 Å². The van der Waals surface area contributed by atoms with Crippen molar-refractivity contribution in [2.75, 3.05) is 13.1 Å². The number of halogens is 2. The molecule has 1 aromatic carbocycles. The van der Waals surface area contributed by atoms with Crippen molar-refractivity contribution in [3.8, 4) is 0 Å². The van der Waals surface area contributed by atoms with Gasteiger partial charge in [0.25, 0.3) is 11.8 Å². The van der Waals surface area contributed by atoms with E-state index in [4.69, 9.17) is 23.2 Å². The number of aryl methyl sites for hydroxylation is 1. The molecule has 1 heterocycles. The van der Waals surface area contributed by atoms with Crippen LogP contribution in [0.25, 0.3) is 0 Å². The van der Waals surface area contributed by atoms with Crippen molar-refractivity contribution >= 4 is 35.0 Å². The average molecular weight is 371 g/mol. The van der Waals surface area contributed by atoms with Gasteiger partial charge in [0.1, 0.15) is 0 Å². The van der Waals surface area contributed by atoms with Crippen molar-refractivity contribution in [3.05, 3.63) is 45.1 Å². The Labute approximate surface area is 151 Å². The van der Waals surface area contributed by atoms with Crippen molar-refractivity contribution in [2.24, 2.45) is 0 Å². The molecule has 1 aromatic rings.